The molecule has 0 aromatic rings. The van der Waals surface area contributed by atoms with Gasteiger partial charge in [0.25, 0.3) is 0 Å². The van der Waals surface area contributed by atoms with Crippen LogP contribution in [0.1, 0.15) is 185 Å². The maximum atomic E-state index is 10.2. The van der Waals surface area contributed by atoms with Gasteiger partial charge < -0.3 is 27.9 Å². The highest BCUT2D eigenvalue weighted by Crippen LogP contribution is 2.62. The van der Waals surface area contributed by atoms with Gasteiger partial charge in [-0.05, 0) is 91.8 Å². The highest BCUT2D eigenvalue weighted by Gasteiger charge is 2.25. The Morgan fingerprint density at radius 1 is 0.646 bits per heavy atom. The minimum absolute atomic E-state index is 0.0481. The third-order valence-electron chi connectivity index (χ3n) is 6.97. The summed E-state index contributed by atoms with van der Waals surface area (Å²) in [4.78, 5) is 0. The van der Waals surface area contributed by atoms with Crippen LogP contribution in [0, 0.1) is 0 Å². The summed E-state index contributed by atoms with van der Waals surface area (Å²) in [7, 11) is 0. The van der Waals surface area contributed by atoms with E-state index < -0.39 is 11.4 Å². The number of hydrogen-bond acceptors (Lipinski definition) is 9. The second-order valence-corrected chi connectivity index (χ2v) is 25.4. The Hall–Kier alpha value is 1.76. The summed E-state index contributed by atoms with van der Waals surface area (Å²) in [5.41, 5.74) is -4.63. The molecular formula is C36H78O6P2S4. The molecule has 48 heavy (non-hydrogen) atoms. The number of ether oxygens (including phenoxy) is 1. The van der Waals surface area contributed by atoms with Crippen LogP contribution >= 0.6 is 35.0 Å². The van der Waals surface area contributed by atoms with Crippen molar-refractivity contribution in [3.05, 3.63) is 0 Å². The molecule has 1 aliphatic rings. The minimum Gasteiger partial charge on any atom is -0.392 e. The van der Waals surface area contributed by atoms with Gasteiger partial charge in [-0.25, -0.2) is 0 Å². The Morgan fingerprint density at radius 2 is 1.00 bits per heavy atom. The summed E-state index contributed by atoms with van der Waals surface area (Å²) in [6, 6.07) is 0. The van der Waals surface area contributed by atoms with E-state index in [2.05, 4.69) is 26.1 Å². The van der Waals surface area contributed by atoms with E-state index in [1.54, 1.807) is 0 Å². The smallest absolute Gasteiger partial charge is 0.247 e. The van der Waals surface area contributed by atoms with Crippen LogP contribution in [0.5, 0.6) is 0 Å². The fourth-order valence-electron chi connectivity index (χ4n) is 4.67. The minimum atomic E-state index is -2.36. The number of unbranched alkanes of at least 4 members (excludes halogenated alkanes) is 14. The van der Waals surface area contributed by atoms with Crippen molar-refractivity contribution < 1.29 is 27.9 Å². The van der Waals surface area contributed by atoms with Crippen LogP contribution in [0.3, 0.4) is 0 Å². The van der Waals surface area contributed by atoms with Gasteiger partial charge in [0.2, 0.25) is 11.4 Å². The third kappa shape index (κ3) is 40.5. The van der Waals surface area contributed by atoms with Crippen molar-refractivity contribution in [3.63, 3.8) is 0 Å². The number of thiol groups is 1. The standard InChI is InChI=1S/C18H39O3PS2.C12H24O.C6H15O2PS2/c1-6-7-8-9-10-11-12-13-14-18(19)15-24-22(23,20-16(2)3)21-17(4)5;1-2-3-4-5-6-7-8-9-10-12-11-13-12;1-5(2)7-9(10,11)8-6(3)4/h16-19H,6-15H2,1-5H3;12H,2-11H2,1H3;5-6H,1-4H3,(H,10,11). The summed E-state index contributed by atoms with van der Waals surface area (Å²) in [6.45, 7) is 21.1. The fourth-order valence-corrected chi connectivity index (χ4v) is 13.7. The summed E-state index contributed by atoms with van der Waals surface area (Å²) in [5, 5.41) is 10.2. The molecule has 1 N–H and O–H groups in total. The Morgan fingerprint density at radius 3 is 1.35 bits per heavy atom. The molecule has 292 valence electrons. The molecule has 1 saturated heterocycles. The zero-order chi connectivity index (χ0) is 36.8. The summed E-state index contributed by atoms with van der Waals surface area (Å²) < 4.78 is 27.5. The zero-order valence-corrected chi connectivity index (χ0v) is 37.8. The Balaban J connectivity index is 0. The maximum Gasteiger partial charge on any atom is 0.247 e. The molecule has 0 radical (unpaired) electrons. The third-order valence-corrected chi connectivity index (χ3v) is 15.0. The molecule has 0 aromatic carbocycles. The van der Waals surface area contributed by atoms with Crippen molar-refractivity contribution in [2.24, 2.45) is 0 Å². The number of rotatable bonds is 29. The van der Waals surface area contributed by atoms with E-state index in [4.69, 9.17) is 46.4 Å². The van der Waals surface area contributed by atoms with Crippen LogP contribution in [-0.2, 0) is 46.4 Å². The van der Waals surface area contributed by atoms with Gasteiger partial charge in [-0.2, -0.15) is 0 Å². The lowest BCUT2D eigenvalue weighted by molar-refractivity contribution is 0.180. The van der Waals surface area contributed by atoms with Gasteiger partial charge in [0, 0.05) is 5.75 Å². The van der Waals surface area contributed by atoms with Gasteiger partial charge in [0.1, 0.15) is 0 Å². The highest BCUT2D eigenvalue weighted by molar-refractivity contribution is 8.67. The fraction of sp³-hybridized carbons (Fsp3) is 1.00. The van der Waals surface area contributed by atoms with Crippen molar-refractivity contribution in [1.29, 1.82) is 0 Å². The van der Waals surface area contributed by atoms with Crippen molar-refractivity contribution in [3.8, 4) is 0 Å². The van der Waals surface area contributed by atoms with Gasteiger partial charge in [0.05, 0.1) is 43.2 Å². The largest absolute Gasteiger partial charge is 0.392 e. The highest BCUT2D eigenvalue weighted by atomic mass is 32.9. The second kappa shape index (κ2) is 33.3. The first-order valence-electron chi connectivity index (χ1n) is 19.2. The molecule has 2 atom stereocenters. The Labute approximate surface area is 318 Å². The summed E-state index contributed by atoms with van der Waals surface area (Å²) in [6.07, 6.45) is 24.5. The first-order valence-corrected chi connectivity index (χ1v) is 27.2. The van der Waals surface area contributed by atoms with E-state index in [1.807, 2.05) is 55.4 Å². The molecule has 0 bridgehead atoms. The van der Waals surface area contributed by atoms with Crippen LogP contribution in [0.15, 0.2) is 0 Å². The lowest BCUT2D eigenvalue weighted by atomic mass is 10.1. The number of aliphatic hydroxyl groups excluding tert-OH is 1. The molecule has 0 spiro atoms. The molecule has 1 rings (SSSR count). The predicted octanol–water partition coefficient (Wildman–Crippen LogP) is 13.6. The summed E-state index contributed by atoms with van der Waals surface area (Å²) >= 11 is 16.3. The molecule has 1 fully saturated rings. The molecule has 0 aliphatic carbocycles. The monoisotopic (exact) mass is 796 g/mol. The quantitative estimate of drug-likeness (QED) is 0.0333. The Kier molecular flexibility index (Phi) is 36.0. The second-order valence-electron chi connectivity index (χ2n) is 14.0. The zero-order valence-electron chi connectivity index (χ0n) is 32.7. The van der Waals surface area contributed by atoms with Gasteiger partial charge in [-0.1, -0.05) is 140 Å². The molecule has 0 aromatic heterocycles. The van der Waals surface area contributed by atoms with Crippen LogP contribution in [0.4, 0.5) is 0 Å². The van der Waals surface area contributed by atoms with Crippen molar-refractivity contribution in [1.82, 2.24) is 0 Å². The van der Waals surface area contributed by atoms with Crippen LogP contribution < -0.4 is 0 Å². The number of aliphatic hydroxyl groups is 1. The van der Waals surface area contributed by atoms with Gasteiger partial charge >= 0.3 is 0 Å². The Bertz CT molecular complexity index is 772. The van der Waals surface area contributed by atoms with Crippen molar-refractivity contribution in [2.75, 3.05) is 12.4 Å². The maximum absolute atomic E-state index is 10.2. The van der Waals surface area contributed by atoms with Gasteiger partial charge in [0.15, 0.2) is 0 Å². The topological polar surface area (TPSA) is 69.7 Å². The first kappa shape index (κ1) is 51.9. The normalized spacial score (nSPS) is 15.5. The lowest BCUT2D eigenvalue weighted by Crippen LogP contribution is -2.12. The SMILES string of the molecule is CC(C)OP(=S)(S)OC(C)C.CCCCCCCCCCC(O)CSP(=S)(OC(C)C)OC(C)C.CCCCCCCCCCC1CO1. The van der Waals surface area contributed by atoms with Gasteiger partial charge in [-0.3, -0.25) is 0 Å². The molecule has 0 saturated carbocycles. The van der Waals surface area contributed by atoms with E-state index >= 15 is 0 Å². The van der Waals surface area contributed by atoms with Crippen molar-refractivity contribution in [2.45, 2.75) is 221 Å². The molecule has 2 unspecified atom stereocenters. The number of hydrogen-bond donors (Lipinski definition) is 2. The molecule has 12 heteroatoms. The van der Waals surface area contributed by atoms with E-state index in [-0.39, 0.29) is 30.5 Å². The van der Waals surface area contributed by atoms with Gasteiger partial charge in [-0.15, -0.1) is 0 Å². The van der Waals surface area contributed by atoms with E-state index in [0.717, 1.165) is 19.4 Å². The van der Waals surface area contributed by atoms with E-state index in [9.17, 15) is 5.11 Å². The van der Waals surface area contributed by atoms with E-state index in [1.165, 1.54) is 114 Å². The summed E-state index contributed by atoms with van der Waals surface area (Å²) in [5.74, 6) is 0.604. The molecule has 0 amide bonds. The molecule has 6 nitrogen and oxygen atoms in total. The lowest BCUT2D eigenvalue weighted by Gasteiger charge is -2.26. The molecule has 1 aliphatic heterocycles. The molecule has 1 heterocycles. The predicted molar refractivity (Wildman–Crippen MR) is 225 cm³/mol. The molecular weight excluding hydrogens is 719 g/mol. The van der Waals surface area contributed by atoms with Crippen molar-refractivity contribution >= 4 is 58.6 Å². The van der Waals surface area contributed by atoms with E-state index in [0.29, 0.717) is 11.9 Å². The number of epoxide rings is 1. The van der Waals surface area contributed by atoms with Crippen LogP contribution in [-0.4, -0.2) is 54.1 Å². The first-order chi connectivity index (χ1) is 22.6. The van der Waals surface area contributed by atoms with Crippen LogP contribution in [0.2, 0.25) is 0 Å². The average Bonchev–Trinajstić information content (AvgIpc) is 3.78. The van der Waals surface area contributed by atoms with Crippen LogP contribution in [0.25, 0.3) is 0 Å². The average molecular weight is 797 g/mol.